The summed E-state index contributed by atoms with van der Waals surface area (Å²) in [5.74, 6) is -0.331. The van der Waals surface area contributed by atoms with Gasteiger partial charge in [0.25, 0.3) is 0 Å². The van der Waals surface area contributed by atoms with Crippen LogP contribution in [0.5, 0.6) is 0 Å². The van der Waals surface area contributed by atoms with E-state index in [-0.39, 0.29) is 13.4 Å². The second-order valence-corrected chi connectivity index (χ2v) is 1.90. The van der Waals surface area contributed by atoms with Gasteiger partial charge in [-0.05, 0) is 12.8 Å². The van der Waals surface area contributed by atoms with Gasteiger partial charge in [0.15, 0.2) is 0 Å². The second-order valence-electron chi connectivity index (χ2n) is 1.90. The predicted octanol–water partition coefficient (Wildman–Crippen LogP) is -0.103. The van der Waals surface area contributed by atoms with Gasteiger partial charge < -0.3 is 10.5 Å². The van der Waals surface area contributed by atoms with Gasteiger partial charge in [0.2, 0.25) is 5.91 Å². The van der Waals surface area contributed by atoms with E-state index >= 15 is 0 Å². The number of ether oxygens (including phenoxy) is 1. The summed E-state index contributed by atoms with van der Waals surface area (Å²) >= 11 is 0. The third kappa shape index (κ3) is 0.980. The smallest absolute Gasteiger partial charge is 0.246 e. The Morgan fingerprint density at radius 1 is 1.88 bits per heavy atom. The van der Waals surface area contributed by atoms with E-state index in [1.54, 1.807) is 0 Å². The Morgan fingerprint density at radius 3 is 2.88 bits per heavy atom. The SMILES string of the molecule is NC(=O)[C@@H]1CCCO1.[HH]. The molecule has 3 heteroatoms. The average Bonchev–Trinajstić information content (AvgIpc) is 2.12. The Hall–Kier alpha value is -0.570. The van der Waals surface area contributed by atoms with Crippen LogP contribution >= 0.6 is 0 Å². The zero-order chi connectivity index (χ0) is 5.98. The van der Waals surface area contributed by atoms with Gasteiger partial charge in [-0.25, -0.2) is 0 Å². The van der Waals surface area contributed by atoms with Crippen molar-refractivity contribution in [2.45, 2.75) is 18.9 Å². The summed E-state index contributed by atoms with van der Waals surface area (Å²) in [7, 11) is 0. The van der Waals surface area contributed by atoms with Crippen molar-refractivity contribution in [2.24, 2.45) is 5.73 Å². The maximum Gasteiger partial charge on any atom is 0.246 e. The van der Waals surface area contributed by atoms with E-state index in [9.17, 15) is 4.79 Å². The maximum absolute atomic E-state index is 10.3. The Kier molecular flexibility index (Phi) is 1.48. The van der Waals surface area contributed by atoms with Crippen LogP contribution in [0.4, 0.5) is 0 Å². The van der Waals surface area contributed by atoms with Gasteiger partial charge in [0, 0.05) is 8.03 Å². The zero-order valence-corrected chi connectivity index (χ0v) is 4.59. The van der Waals surface area contributed by atoms with Gasteiger partial charge in [-0.15, -0.1) is 0 Å². The van der Waals surface area contributed by atoms with Crippen LogP contribution in [0.1, 0.15) is 14.3 Å². The molecule has 1 saturated heterocycles. The minimum absolute atomic E-state index is 0. The Labute approximate surface area is 49.3 Å². The van der Waals surface area contributed by atoms with Crippen LogP contribution in [0.15, 0.2) is 0 Å². The molecule has 0 aromatic carbocycles. The lowest BCUT2D eigenvalue weighted by Crippen LogP contribution is -2.27. The molecule has 0 unspecified atom stereocenters. The first-order valence-corrected chi connectivity index (χ1v) is 2.71. The number of carbonyl (C=O) groups excluding carboxylic acids is 1. The van der Waals surface area contributed by atoms with E-state index in [0.29, 0.717) is 6.61 Å². The molecule has 0 radical (unpaired) electrons. The minimum Gasteiger partial charge on any atom is -0.368 e. The Bertz CT molecular complexity index is 101. The molecule has 2 N–H and O–H groups in total. The Balaban J connectivity index is 0.000000640. The van der Waals surface area contributed by atoms with Gasteiger partial charge >= 0.3 is 0 Å². The molecule has 1 aliphatic heterocycles. The molecule has 0 aliphatic carbocycles. The molecule has 1 atom stereocenters. The van der Waals surface area contributed by atoms with Gasteiger partial charge in [0.1, 0.15) is 6.10 Å². The van der Waals surface area contributed by atoms with Crippen molar-refractivity contribution in [3.63, 3.8) is 0 Å². The van der Waals surface area contributed by atoms with Gasteiger partial charge in [0.05, 0.1) is 0 Å². The number of hydrogen-bond donors (Lipinski definition) is 1. The number of nitrogens with two attached hydrogens (primary N) is 1. The third-order valence-corrected chi connectivity index (χ3v) is 1.25. The average molecular weight is 117 g/mol. The molecular weight excluding hydrogens is 106 g/mol. The van der Waals surface area contributed by atoms with Crippen LogP contribution < -0.4 is 5.73 Å². The Morgan fingerprint density at radius 2 is 2.62 bits per heavy atom. The molecule has 0 aromatic heterocycles. The molecule has 1 heterocycles. The van der Waals surface area contributed by atoms with E-state index in [2.05, 4.69) is 0 Å². The summed E-state index contributed by atoms with van der Waals surface area (Å²) in [6, 6.07) is 0. The first-order valence-electron chi connectivity index (χ1n) is 2.71. The van der Waals surface area contributed by atoms with E-state index in [4.69, 9.17) is 10.5 Å². The van der Waals surface area contributed by atoms with Gasteiger partial charge in [-0.3, -0.25) is 4.79 Å². The molecule has 3 nitrogen and oxygen atoms in total. The molecule has 0 spiro atoms. The molecule has 0 saturated carbocycles. The van der Waals surface area contributed by atoms with Gasteiger partial charge in [-0.2, -0.15) is 0 Å². The first kappa shape index (κ1) is 5.56. The quantitative estimate of drug-likeness (QED) is 0.521. The number of amides is 1. The molecule has 1 rings (SSSR count). The van der Waals surface area contributed by atoms with E-state index in [1.807, 2.05) is 0 Å². The fraction of sp³-hybridized carbons (Fsp3) is 0.800. The highest BCUT2D eigenvalue weighted by atomic mass is 16.5. The fourth-order valence-corrected chi connectivity index (χ4v) is 0.802. The van der Waals surface area contributed by atoms with Crippen LogP contribution in [0.3, 0.4) is 0 Å². The summed E-state index contributed by atoms with van der Waals surface area (Å²) in [6.45, 7) is 0.688. The van der Waals surface area contributed by atoms with E-state index < -0.39 is 0 Å². The van der Waals surface area contributed by atoms with Crippen LogP contribution in [0, 0.1) is 0 Å². The number of carbonyl (C=O) groups is 1. The highest BCUT2D eigenvalue weighted by molar-refractivity contribution is 5.78. The van der Waals surface area contributed by atoms with Crippen molar-refractivity contribution in [1.29, 1.82) is 0 Å². The van der Waals surface area contributed by atoms with Crippen molar-refractivity contribution in [1.82, 2.24) is 0 Å². The van der Waals surface area contributed by atoms with Gasteiger partial charge in [-0.1, -0.05) is 0 Å². The predicted molar refractivity (Wildman–Crippen MR) is 30.3 cm³/mol. The van der Waals surface area contributed by atoms with Crippen LogP contribution in [0.2, 0.25) is 0 Å². The standard InChI is InChI=1S/C5H9NO2.H2/c6-5(7)4-2-1-3-8-4;/h4H,1-3H2,(H2,6,7);1H/t4-;/m0./s1. The number of hydrogen-bond acceptors (Lipinski definition) is 2. The molecule has 0 bridgehead atoms. The molecule has 1 amide bonds. The van der Waals surface area contributed by atoms with Crippen LogP contribution in [-0.2, 0) is 9.53 Å². The monoisotopic (exact) mass is 117 g/mol. The van der Waals surface area contributed by atoms with E-state index in [1.165, 1.54) is 0 Å². The molecule has 8 heavy (non-hydrogen) atoms. The van der Waals surface area contributed by atoms with Crippen molar-refractivity contribution >= 4 is 5.91 Å². The van der Waals surface area contributed by atoms with Crippen LogP contribution in [-0.4, -0.2) is 18.6 Å². The first-order chi connectivity index (χ1) is 3.80. The summed E-state index contributed by atoms with van der Waals surface area (Å²) in [5, 5.41) is 0. The summed E-state index contributed by atoms with van der Waals surface area (Å²) in [5.41, 5.74) is 4.93. The highest BCUT2D eigenvalue weighted by Crippen LogP contribution is 2.10. The fourth-order valence-electron chi connectivity index (χ4n) is 0.802. The molecule has 1 fully saturated rings. The summed E-state index contributed by atoms with van der Waals surface area (Å²) in [6.07, 6.45) is 1.47. The molecule has 48 valence electrons. The molecule has 0 aromatic rings. The minimum atomic E-state index is -0.331. The molecular formula is C5H11NO2. The van der Waals surface area contributed by atoms with Crippen LogP contribution in [0.25, 0.3) is 0 Å². The topological polar surface area (TPSA) is 52.3 Å². The number of rotatable bonds is 1. The number of primary amides is 1. The summed E-state index contributed by atoms with van der Waals surface area (Å²) < 4.78 is 4.94. The van der Waals surface area contributed by atoms with Crippen molar-refractivity contribution in [2.75, 3.05) is 6.61 Å². The lowest BCUT2D eigenvalue weighted by molar-refractivity contribution is -0.126. The molecule has 1 aliphatic rings. The summed E-state index contributed by atoms with van der Waals surface area (Å²) in [4.78, 5) is 10.3. The lowest BCUT2D eigenvalue weighted by Gasteiger charge is -2.00. The lowest BCUT2D eigenvalue weighted by atomic mass is 10.2. The largest absolute Gasteiger partial charge is 0.368 e. The van der Waals surface area contributed by atoms with E-state index in [0.717, 1.165) is 12.8 Å². The van der Waals surface area contributed by atoms with Crippen molar-refractivity contribution in [3.8, 4) is 0 Å². The van der Waals surface area contributed by atoms with Crippen molar-refractivity contribution in [3.05, 3.63) is 0 Å². The van der Waals surface area contributed by atoms with Crippen molar-refractivity contribution < 1.29 is 11.0 Å². The zero-order valence-electron chi connectivity index (χ0n) is 4.59. The highest BCUT2D eigenvalue weighted by Gasteiger charge is 2.19. The maximum atomic E-state index is 10.3. The normalized spacial score (nSPS) is 28.2. The third-order valence-electron chi connectivity index (χ3n) is 1.25. The second kappa shape index (κ2) is 2.13.